The number of nitrogens with zero attached hydrogens (tertiary/aromatic N) is 1. The molecule has 16 heavy (non-hydrogen) atoms. The first-order chi connectivity index (χ1) is 7.68. The van der Waals surface area contributed by atoms with Crippen LogP contribution in [0.15, 0.2) is 48.8 Å². The predicted octanol–water partition coefficient (Wildman–Crippen LogP) is 1.72. The van der Waals surface area contributed by atoms with Crippen LogP contribution < -0.4 is 10.3 Å². The van der Waals surface area contributed by atoms with Crippen molar-refractivity contribution in [2.75, 3.05) is 0 Å². The van der Waals surface area contributed by atoms with Gasteiger partial charge in [0.15, 0.2) is 12.4 Å². The van der Waals surface area contributed by atoms with Crippen molar-refractivity contribution in [2.45, 2.75) is 0 Å². The van der Waals surface area contributed by atoms with E-state index in [1.165, 1.54) is 0 Å². The second kappa shape index (κ2) is 4.33. The van der Waals surface area contributed by atoms with Gasteiger partial charge in [-0.25, -0.2) is 0 Å². The van der Waals surface area contributed by atoms with Crippen molar-refractivity contribution in [3.63, 3.8) is 0 Å². The molecule has 2 aromatic rings. The first kappa shape index (κ1) is 10.6. The third-order valence-corrected chi connectivity index (χ3v) is 2.53. The molecule has 0 aliphatic carbocycles. The number of aromatic nitrogens is 1. The molecule has 0 fully saturated rings. The molecule has 0 bridgehead atoms. The van der Waals surface area contributed by atoms with Crippen molar-refractivity contribution in [3.05, 3.63) is 59.4 Å². The molecule has 1 aromatic carbocycles. The summed E-state index contributed by atoms with van der Waals surface area (Å²) in [4.78, 5) is 11.0. The van der Waals surface area contributed by atoms with Crippen LogP contribution in [0.2, 0.25) is 5.02 Å². The number of benzene rings is 1. The molecule has 1 aromatic heterocycles. The Bertz CT molecular complexity index is 526. The molecule has 1 amide bonds. The van der Waals surface area contributed by atoms with Crippen LogP contribution in [0.4, 0.5) is 0 Å². The zero-order valence-corrected chi connectivity index (χ0v) is 9.19. The smallest absolute Gasteiger partial charge is 0.248 e. The highest BCUT2D eigenvalue weighted by Gasteiger charge is 2.12. The number of hydrogen-bond acceptors (Lipinski definition) is 1. The molecule has 0 aliphatic heterocycles. The Morgan fingerprint density at radius 2 is 1.88 bits per heavy atom. The van der Waals surface area contributed by atoms with E-state index >= 15 is 0 Å². The van der Waals surface area contributed by atoms with E-state index in [0.717, 1.165) is 5.69 Å². The van der Waals surface area contributed by atoms with E-state index in [1.807, 2.05) is 35.2 Å². The minimum absolute atomic E-state index is 0.408. The molecule has 0 saturated heterocycles. The summed E-state index contributed by atoms with van der Waals surface area (Å²) < 4.78 is 1.87. The van der Waals surface area contributed by atoms with Crippen LogP contribution in [0, 0.1) is 0 Å². The molecule has 3 nitrogen and oxygen atoms in total. The fourth-order valence-corrected chi connectivity index (χ4v) is 1.71. The Balaban J connectivity index is 2.48. The van der Waals surface area contributed by atoms with E-state index in [0.29, 0.717) is 10.6 Å². The Morgan fingerprint density at radius 1 is 1.19 bits per heavy atom. The normalized spacial score (nSPS) is 10.1. The van der Waals surface area contributed by atoms with Crippen molar-refractivity contribution < 1.29 is 9.36 Å². The van der Waals surface area contributed by atoms with Crippen LogP contribution in [0.3, 0.4) is 0 Å². The minimum atomic E-state index is -0.480. The first-order valence-corrected chi connectivity index (χ1v) is 5.12. The number of halogens is 1. The average molecular weight is 234 g/mol. The van der Waals surface area contributed by atoms with Crippen molar-refractivity contribution >= 4 is 17.5 Å². The fourth-order valence-electron chi connectivity index (χ4n) is 1.43. The van der Waals surface area contributed by atoms with Crippen LogP contribution in [0.25, 0.3) is 5.69 Å². The lowest BCUT2D eigenvalue weighted by Crippen LogP contribution is -2.29. The second-order valence-corrected chi connectivity index (χ2v) is 3.72. The van der Waals surface area contributed by atoms with Gasteiger partial charge in [-0.1, -0.05) is 17.7 Å². The molecule has 80 valence electrons. The van der Waals surface area contributed by atoms with Gasteiger partial charge in [0, 0.05) is 23.8 Å². The number of carbonyl (C=O) groups excluding carboxylic acids is 1. The lowest BCUT2D eigenvalue weighted by Gasteiger charge is -2.00. The van der Waals surface area contributed by atoms with E-state index in [-0.39, 0.29) is 0 Å². The van der Waals surface area contributed by atoms with Crippen LogP contribution in [-0.4, -0.2) is 5.91 Å². The molecule has 0 aliphatic rings. The largest absolute Gasteiger partial charge is 0.366 e. The van der Waals surface area contributed by atoms with Gasteiger partial charge in [-0.2, -0.15) is 4.57 Å². The maximum absolute atomic E-state index is 11.0. The molecule has 1 heterocycles. The highest BCUT2D eigenvalue weighted by atomic mass is 35.5. The van der Waals surface area contributed by atoms with E-state index in [2.05, 4.69) is 0 Å². The molecule has 4 heteroatoms. The number of nitrogens with two attached hydrogens (primary N) is 1. The maximum Gasteiger partial charge on any atom is 0.248 e. The summed E-state index contributed by atoms with van der Waals surface area (Å²) in [5.74, 6) is -0.480. The first-order valence-electron chi connectivity index (χ1n) is 4.74. The fraction of sp³-hybridized carbons (Fsp3) is 0. The van der Waals surface area contributed by atoms with Crippen LogP contribution in [0.5, 0.6) is 0 Å². The topological polar surface area (TPSA) is 47.0 Å². The molecule has 0 saturated carbocycles. The number of primary amides is 1. The average Bonchev–Trinajstić information content (AvgIpc) is 2.30. The summed E-state index contributed by atoms with van der Waals surface area (Å²) in [6.07, 6.45) is 3.76. The predicted molar refractivity (Wildman–Crippen MR) is 61.5 cm³/mol. The maximum atomic E-state index is 11.0. The van der Waals surface area contributed by atoms with Gasteiger partial charge in [0.2, 0.25) is 11.6 Å². The minimum Gasteiger partial charge on any atom is -0.366 e. The summed E-state index contributed by atoms with van der Waals surface area (Å²) in [7, 11) is 0. The molecular formula is C12H10ClN2O+. The van der Waals surface area contributed by atoms with E-state index in [1.54, 1.807) is 18.2 Å². The monoisotopic (exact) mass is 233 g/mol. The Hall–Kier alpha value is -1.87. The van der Waals surface area contributed by atoms with Crippen LogP contribution in [0.1, 0.15) is 10.4 Å². The van der Waals surface area contributed by atoms with Gasteiger partial charge in [-0.15, -0.1) is 0 Å². The number of carbonyl (C=O) groups is 1. The van der Waals surface area contributed by atoms with E-state index in [4.69, 9.17) is 17.3 Å². The van der Waals surface area contributed by atoms with Crippen LogP contribution >= 0.6 is 11.6 Å². The SMILES string of the molecule is NC(=O)c1ccc(-[n+]2ccccc2)c(Cl)c1. The zero-order chi connectivity index (χ0) is 11.5. The van der Waals surface area contributed by atoms with Gasteiger partial charge in [0.25, 0.3) is 0 Å². The summed E-state index contributed by atoms with van der Waals surface area (Å²) >= 11 is 6.08. The van der Waals surface area contributed by atoms with E-state index in [9.17, 15) is 4.79 Å². The van der Waals surface area contributed by atoms with Crippen molar-refractivity contribution in [2.24, 2.45) is 5.73 Å². The number of rotatable bonds is 2. The molecule has 0 atom stereocenters. The van der Waals surface area contributed by atoms with Gasteiger partial charge in [-0.05, 0) is 12.1 Å². The summed E-state index contributed by atoms with van der Waals surface area (Å²) in [6.45, 7) is 0. The summed E-state index contributed by atoms with van der Waals surface area (Å²) in [5.41, 5.74) is 6.39. The highest BCUT2D eigenvalue weighted by molar-refractivity contribution is 6.32. The number of hydrogen-bond donors (Lipinski definition) is 1. The molecule has 2 rings (SSSR count). The molecule has 2 N–H and O–H groups in total. The quantitative estimate of drug-likeness (QED) is 0.789. The third kappa shape index (κ3) is 2.04. The highest BCUT2D eigenvalue weighted by Crippen LogP contribution is 2.17. The number of pyridine rings is 1. The summed E-state index contributed by atoms with van der Waals surface area (Å²) in [6, 6.07) is 10.7. The van der Waals surface area contributed by atoms with Crippen LogP contribution in [-0.2, 0) is 0 Å². The van der Waals surface area contributed by atoms with Gasteiger partial charge in [0.1, 0.15) is 5.02 Å². The number of amides is 1. The molecular weight excluding hydrogens is 224 g/mol. The van der Waals surface area contributed by atoms with Crippen molar-refractivity contribution in [1.29, 1.82) is 0 Å². The molecule has 0 radical (unpaired) electrons. The third-order valence-electron chi connectivity index (χ3n) is 2.23. The lowest BCUT2D eigenvalue weighted by molar-refractivity contribution is -0.595. The van der Waals surface area contributed by atoms with E-state index < -0.39 is 5.91 Å². The Morgan fingerprint density at radius 3 is 2.44 bits per heavy atom. The van der Waals surface area contributed by atoms with Gasteiger partial charge in [-0.3, -0.25) is 4.79 Å². The molecule has 0 unspecified atom stereocenters. The second-order valence-electron chi connectivity index (χ2n) is 3.31. The van der Waals surface area contributed by atoms with Crippen molar-refractivity contribution in [3.8, 4) is 5.69 Å². The van der Waals surface area contributed by atoms with Gasteiger partial charge in [0.05, 0.1) is 0 Å². The summed E-state index contributed by atoms with van der Waals surface area (Å²) in [5, 5.41) is 0.493. The Kier molecular flexibility index (Phi) is 2.88. The zero-order valence-electron chi connectivity index (χ0n) is 8.43. The lowest BCUT2D eigenvalue weighted by atomic mass is 10.2. The standard InChI is InChI=1S/C12H9ClN2O/c13-10-8-9(12(14)16)4-5-11(10)15-6-2-1-3-7-15/h1-8H,(H-,14,16)/p+1. The van der Waals surface area contributed by atoms with Gasteiger partial charge < -0.3 is 5.73 Å². The van der Waals surface area contributed by atoms with Gasteiger partial charge >= 0.3 is 0 Å². The van der Waals surface area contributed by atoms with Crippen molar-refractivity contribution in [1.82, 2.24) is 0 Å². The Labute approximate surface area is 98.1 Å². The molecule has 0 spiro atoms.